The summed E-state index contributed by atoms with van der Waals surface area (Å²) >= 11 is 0. The van der Waals surface area contributed by atoms with Crippen LogP contribution in [0.2, 0.25) is 0 Å². The molecule has 2 heteroatoms. The summed E-state index contributed by atoms with van der Waals surface area (Å²) in [6.45, 7) is 3.63. The monoisotopic (exact) mass is 318 g/mol. The zero-order chi connectivity index (χ0) is 15.1. The van der Waals surface area contributed by atoms with Crippen molar-refractivity contribution in [3.63, 3.8) is 0 Å². The van der Waals surface area contributed by atoms with Gasteiger partial charge >= 0.3 is 0 Å². The van der Waals surface area contributed by atoms with Gasteiger partial charge in [0, 0.05) is 0 Å². The highest BCUT2D eigenvalue weighted by atomic mass is 31.0. The lowest BCUT2D eigenvalue weighted by Crippen LogP contribution is -2.35. The first-order chi connectivity index (χ1) is 9.56. The second-order valence-corrected chi connectivity index (χ2v) is 7.61. The fourth-order valence-electron chi connectivity index (χ4n) is 2.78. The van der Waals surface area contributed by atoms with E-state index in [1.165, 1.54) is 96.4 Å². The molecule has 0 spiro atoms. The molecule has 130 valence electrons. The minimum Gasteiger partial charge on any atom is -0.331 e. The minimum atomic E-state index is 0. The Morgan fingerprint density at radius 2 is 0.762 bits per heavy atom. The fraction of sp³-hybridized carbons (Fsp3) is 1.00. The molecule has 0 rings (SSSR count). The average Bonchev–Trinajstić information content (AvgIpc) is 2.38. The van der Waals surface area contributed by atoms with E-state index in [4.69, 9.17) is 0 Å². The molecule has 0 heterocycles. The summed E-state index contributed by atoms with van der Waals surface area (Å²) in [7, 11) is 6.88. The molecule has 0 amide bonds. The second kappa shape index (κ2) is 16.8. The molecule has 0 fully saturated rings. The van der Waals surface area contributed by atoms with Crippen LogP contribution in [0.25, 0.3) is 0 Å². The van der Waals surface area contributed by atoms with Crippen LogP contribution in [0.1, 0.15) is 96.8 Å². The zero-order valence-corrected chi connectivity index (χ0v) is 17.2. The summed E-state index contributed by atoms with van der Waals surface area (Å²) in [5, 5.41) is 0. The Kier molecular flexibility index (Phi) is 18.9. The number of hydrogen-bond acceptors (Lipinski definition) is 0. The number of quaternary nitrogens is 1. The Morgan fingerprint density at radius 3 is 1.05 bits per heavy atom. The van der Waals surface area contributed by atoms with Gasteiger partial charge in [-0.25, -0.2) is 0 Å². The Balaban J connectivity index is 0. The van der Waals surface area contributed by atoms with Gasteiger partial charge in [-0.1, -0.05) is 84.0 Å². The number of rotatable bonds is 15. The molecule has 0 aliphatic carbocycles. The maximum absolute atomic E-state index is 2.29. The molecule has 1 atom stereocenters. The van der Waals surface area contributed by atoms with E-state index in [1.807, 2.05) is 0 Å². The highest BCUT2D eigenvalue weighted by Gasteiger charge is 2.04. The van der Waals surface area contributed by atoms with Gasteiger partial charge in [0.15, 0.2) is 0 Å². The predicted octanol–water partition coefficient (Wildman–Crippen LogP) is 6.23. The molecule has 0 bridgehead atoms. The molecule has 0 aromatic heterocycles. The van der Waals surface area contributed by atoms with E-state index in [-0.39, 0.29) is 9.90 Å². The normalized spacial score (nSPS) is 11.4. The van der Waals surface area contributed by atoms with Gasteiger partial charge in [0.2, 0.25) is 0 Å². The van der Waals surface area contributed by atoms with Crippen LogP contribution in [0.5, 0.6) is 0 Å². The summed E-state index contributed by atoms with van der Waals surface area (Å²) < 4.78 is 1.12. The number of unbranched alkanes of at least 4 members (excludes halogenated alkanes) is 13. The van der Waals surface area contributed by atoms with Crippen molar-refractivity contribution in [2.75, 3.05) is 27.7 Å². The van der Waals surface area contributed by atoms with Crippen LogP contribution in [-0.2, 0) is 0 Å². The maximum Gasteiger partial charge on any atom is 0.0780 e. The van der Waals surface area contributed by atoms with E-state index >= 15 is 0 Å². The largest absolute Gasteiger partial charge is 0.331 e. The van der Waals surface area contributed by atoms with Crippen LogP contribution in [-0.4, -0.2) is 32.2 Å². The minimum absolute atomic E-state index is 0. The van der Waals surface area contributed by atoms with Crippen molar-refractivity contribution < 1.29 is 4.48 Å². The van der Waals surface area contributed by atoms with Gasteiger partial charge in [-0.2, -0.15) is 9.90 Å². The molecule has 1 nitrogen and oxygen atoms in total. The molecular weight excluding hydrogens is 273 g/mol. The van der Waals surface area contributed by atoms with Gasteiger partial charge in [0.05, 0.1) is 27.7 Å². The van der Waals surface area contributed by atoms with Crippen molar-refractivity contribution in [1.29, 1.82) is 0 Å². The predicted molar refractivity (Wildman–Crippen MR) is 104 cm³/mol. The number of nitrogens with zero attached hydrogens (tertiary/aromatic N) is 1. The van der Waals surface area contributed by atoms with Crippen molar-refractivity contribution in [3.05, 3.63) is 0 Å². The molecule has 0 aliphatic rings. The van der Waals surface area contributed by atoms with Crippen LogP contribution in [0, 0.1) is 0 Å². The van der Waals surface area contributed by atoms with Gasteiger partial charge in [-0.3, -0.25) is 0 Å². The second-order valence-electron chi connectivity index (χ2n) is 7.61. The van der Waals surface area contributed by atoms with Crippen LogP contribution in [0.15, 0.2) is 0 Å². The molecular formula is C19H45NP+. The van der Waals surface area contributed by atoms with Gasteiger partial charge in [-0.15, -0.1) is 0 Å². The van der Waals surface area contributed by atoms with Crippen LogP contribution >= 0.6 is 9.90 Å². The number of hydrogen-bond donors (Lipinski definition) is 0. The van der Waals surface area contributed by atoms with E-state index in [1.54, 1.807) is 0 Å². The van der Waals surface area contributed by atoms with Crippen molar-refractivity contribution >= 4 is 9.90 Å². The lowest BCUT2D eigenvalue weighted by molar-refractivity contribution is -0.870. The van der Waals surface area contributed by atoms with E-state index in [2.05, 4.69) is 28.1 Å². The van der Waals surface area contributed by atoms with Crippen LogP contribution < -0.4 is 0 Å². The molecule has 0 saturated carbocycles. The molecule has 1 unspecified atom stereocenters. The molecule has 21 heavy (non-hydrogen) atoms. The zero-order valence-electron chi connectivity index (χ0n) is 15.8. The quantitative estimate of drug-likeness (QED) is 0.191. The summed E-state index contributed by atoms with van der Waals surface area (Å²) in [6, 6.07) is 0. The third-order valence-corrected chi connectivity index (χ3v) is 4.18. The summed E-state index contributed by atoms with van der Waals surface area (Å²) in [6.07, 6.45) is 20.4. The van der Waals surface area contributed by atoms with E-state index < -0.39 is 0 Å². The molecule has 0 radical (unpaired) electrons. The summed E-state index contributed by atoms with van der Waals surface area (Å²) in [5.74, 6) is 0. The van der Waals surface area contributed by atoms with Gasteiger partial charge in [0.1, 0.15) is 0 Å². The first-order valence-corrected chi connectivity index (χ1v) is 9.36. The average molecular weight is 319 g/mol. The molecule has 0 N–H and O–H groups in total. The van der Waals surface area contributed by atoms with Crippen molar-refractivity contribution in [2.45, 2.75) is 96.8 Å². The Labute approximate surface area is 139 Å². The maximum atomic E-state index is 2.29. The Hall–Kier alpha value is 0.390. The van der Waals surface area contributed by atoms with Gasteiger partial charge < -0.3 is 4.48 Å². The topological polar surface area (TPSA) is 0 Å². The van der Waals surface area contributed by atoms with Crippen molar-refractivity contribution in [2.24, 2.45) is 0 Å². The SMILES string of the molecule is CCCCCCCCCCCCCCCC[N+](C)(C)C.P. The van der Waals surface area contributed by atoms with Crippen molar-refractivity contribution in [3.8, 4) is 0 Å². The molecule has 0 aromatic carbocycles. The van der Waals surface area contributed by atoms with Gasteiger partial charge in [-0.05, 0) is 12.8 Å². The summed E-state index contributed by atoms with van der Waals surface area (Å²) in [5.41, 5.74) is 0. The van der Waals surface area contributed by atoms with Crippen LogP contribution in [0.3, 0.4) is 0 Å². The van der Waals surface area contributed by atoms with E-state index in [0.717, 1.165) is 4.48 Å². The molecule has 0 aliphatic heterocycles. The summed E-state index contributed by atoms with van der Waals surface area (Å²) in [4.78, 5) is 0. The molecule has 0 saturated heterocycles. The van der Waals surface area contributed by atoms with Crippen LogP contribution in [0.4, 0.5) is 0 Å². The highest BCUT2D eigenvalue weighted by molar-refractivity contribution is 6.92. The first kappa shape index (κ1) is 23.7. The Bertz CT molecular complexity index is 186. The fourth-order valence-corrected chi connectivity index (χ4v) is 2.78. The third kappa shape index (κ3) is 22.8. The molecule has 0 aromatic rings. The lowest BCUT2D eigenvalue weighted by Gasteiger charge is -2.23. The van der Waals surface area contributed by atoms with Gasteiger partial charge in [0.25, 0.3) is 0 Å². The standard InChI is InChI=1S/C19H42N.H3P/c1-5-6-7-8-9-10-11-12-13-14-15-16-17-18-19-20(2,3)4;/h5-19H2,1-4H3;1H3/q+1;. The highest BCUT2D eigenvalue weighted by Crippen LogP contribution is 2.13. The third-order valence-electron chi connectivity index (χ3n) is 4.18. The lowest BCUT2D eigenvalue weighted by atomic mass is 10.0. The Morgan fingerprint density at radius 1 is 0.476 bits per heavy atom. The smallest absolute Gasteiger partial charge is 0.0780 e. The van der Waals surface area contributed by atoms with Crippen molar-refractivity contribution in [1.82, 2.24) is 0 Å². The first-order valence-electron chi connectivity index (χ1n) is 9.36. The van der Waals surface area contributed by atoms with E-state index in [0.29, 0.717) is 0 Å². The van der Waals surface area contributed by atoms with E-state index in [9.17, 15) is 0 Å².